The summed E-state index contributed by atoms with van der Waals surface area (Å²) >= 11 is 0. The number of aliphatic carboxylic acids is 1. The Kier molecular flexibility index (Phi) is 3.04. The zero-order chi connectivity index (χ0) is 16.5. The number of hydrogen-bond donors (Lipinski definition) is 2. The Morgan fingerprint density at radius 3 is 2.67 bits per heavy atom. The van der Waals surface area contributed by atoms with Crippen molar-refractivity contribution in [2.24, 2.45) is 22.7 Å². The first-order valence-electron chi connectivity index (χ1n) is 9.47. The Morgan fingerprint density at radius 1 is 1.17 bits per heavy atom. The van der Waals surface area contributed by atoms with E-state index in [2.05, 4.69) is 5.32 Å². The van der Waals surface area contributed by atoms with Gasteiger partial charge in [0.1, 0.15) is 0 Å². The summed E-state index contributed by atoms with van der Waals surface area (Å²) in [6.45, 7) is 1.79. The van der Waals surface area contributed by atoms with Gasteiger partial charge in [0.15, 0.2) is 0 Å². The summed E-state index contributed by atoms with van der Waals surface area (Å²) in [4.78, 5) is 26.4. The minimum atomic E-state index is -0.719. The molecular weight excluding hydrogens is 308 g/mol. The summed E-state index contributed by atoms with van der Waals surface area (Å²) in [6.07, 6.45) is 7.54. The minimum absolute atomic E-state index is 0.0494. The highest BCUT2D eigenvalue weighted by molar-refractivity contribution is 5.81. The molecule has 132 valence electrons. The van der Waals surface area contributed by atoms with E-state index in [4.69, 9.17) is 4.74 Å². The second-order valence-corrected chi connectivity index (χ2v) is 8.69. The highest BCUT2D eigenvalue weighted by Crippen LogP contribution is 2.62. The van der Waals surface area contributed by atoms with E-state index in [1.54, 1.807) is 4.90 Å². The molecule has 0 aromatic rings. The van der Waals surface area contributed by atoms with Crippen molar-refractivity contribution in [3.05, 3.63) is 0 Å². The molecule has 0 bridgehead atoms. The Labute approximate surface area is 141 Å². The van der Waals surface area contributed by atoms with Gasteiger partial charge in [-0.05, 0) is 38.0 Å². The number of carboxylic acids is 1. The fourth-order valence-corrected chi connectivity index (χ4v) is 6.47. The molecule has 5 fully saturated rings. The number of likely N-dealkylation sites (tertiary alicyclic amines) is 1. The second kappa shape index (κ2) is 4.87. The van der Waals surface area contributed by atoms with Gasteiger partial charge >= 0.3 is 12.0 Å². The summed E-state index contributed by atoms with van der Waals surface area (Å²) < 4.78 is 5.91. The van der Waals surface area contributed by atoms with Crippen LogP contribution in [0.3, 0.4) is 0 Å². The third-order valence-corrected chi connectivity index (χ3v) is 7.90. The highest BCUT2D eigenvalue weighted by Gasteiger charge is 2.67. The van der Waals surface area contributed by atoms with Crippen LogP contribution in [0.25, 0.3) is 0 Å². The lowest BCUT2D eigenvalue weighted by Crippen LogP contribution is -2.72. The average molecular weight is 334 g/mol. The number of urea groups is 1. The van der Waals surface area contributed by atoms with Crippen LogP contribution in [0.15, 0.2) is 0 Å². The lowest BCUT2D eigenvalue weighted by Gasteiger charge is -2.63. The SMILES string of the molecule is O=C(NC1C2CCOC2C12CCC2)N1C[C@@H]2CCC[C@@]2(C(=O)O)C1. The van der Waals surface area contributed by atoms with Gasteiger partial charge in [-0.1, -0.05) is 12.8 Å². The molecule has 2 amide bonds. The molecule has 6 heteroatoms. The fourth-order valence-electron chi connectivity index (χ4n) is 6.47. The maximum atomic E-state index is 12.8. The van der Waals surface area contributed by atoms with E-state index in [0.29, 0.717) is 31.5 Å². The molecule has 5 rings (SSSR count). The van der Waals surface area contributed by atoms with Gasteiger partial charge in [0.2, 0.25) is 0 Å². The van der Waals surface area contributed by atoms with Gasteiger partial charge in [-0.3, -0.25) is 4.79 Å². The first-order chi connectivity index (χ1) is 11.6. The van der Waals surface area contributed by atoms with E-state index in [0.717, 1.165) is 38.7 Å². The van der Waals surface area contributed by atoms with Crippen LogP contribution < -0.4 is 5.32 Å². The van der Waals surface area contributed by atoms with Crippen molar-refractivity contribution < 1.29 is 19.4 Å². The van der Waals surface area contributed by atoms with E-state index in [1.165, 1.54) is 6.42 Å². The van der Waals surface area contributed by atoms with Crippen molar-refractivity contribution in [3.8, 4) is 0 Å². The molecule has 2 heterocycles. The maximum absolute atomic E-state index is 12.8. The number of rotatable bonds is 2. The zero-order valence-electron chi connectivity index (χ0n) is 14.0. The van der Waals surface area contributed by atoms with Crippen LogP contribution in [0.1, 0.15) is 44.9 Å². The van der Waals surface area contributed by atoms with Gasteiger partial charge < -0.3 is 20.1 Å². The summed E-state index contributed by atoms with van der Waals surface area (Å²) in [7, 11) is 0. The molecular formula is C18H26N2O4. The first-order valence-corrected chi connectivity index (χ1v) is 9.47. The maximum Gasteiger partial charge on any atom is 0.317 e. The molecule has 2 N–H and O–H groups in total. The van der Waals surface area contributed by atoms with Gasteiger partial charge in [0, 0.05) is 37.1 Å². The molecule has 6 nitrogen and oxygen atoms in total. The number of nitrogens with one attached hydrogen (secondary N) is 1. The largest absolute Gasteiger partial charge is 0.481 e. The standard InChI is InChI=1S/C18H26N2O4/c21-15(22)18-5-1-3-11(18)9-20(10-18)16(23)19-13-12-4-8-24-14(12)17(13)6-2-7-17/h11-14H,1-10H2,(H,19,23)(H,21,22)/t11-,12?,13?,14?,18+/m0/s1. The second-order valence-electron chi connectivity index (χ2n) is 8.69. The molecule has 1 spiro atoms. The molecule has 3 aliphatic carbocycles. The molecule has 0 aromatic heterocycles. The van der Waals surface area contributed by atoms with E-state index >= 15 is 0 Å². The molecule has 24 heavy (non-hydrogen) atoms. The van der Waals surface area contributed by atoms with E-state index < -0.39 is 11.4 Å². The molecule has 0 radical (unpaired) electrons. The summed E-state index contributed by atoms with van der Waals surface area (Å²) in [5.41, 5.74) is -0.513. The molecule has 2 saturated heterocycles. The molecule has 2 aliphatic heterocycles. The lowest BCUT2D eigenvalue weighted by molar-refractivity contribution is -0.172. The topological polar surface area (TPSA) is 78.9 Å². The van der Waals surface area contributed by atoms with Crippen molar-refractivity contribution in [2.75, 3.05) is 19.7 Å². The Morgan fingerprint density at radius 2 is 2.00 bits per heavy atom. The number of nitrogens with zero attached hydrogens (tertiary/aromatic N) is 1. The molecule has 3 saturated carbocycles. The Balaban J connectivity index is 1.29. The third-order valence-electron chi connectivity index (χ3n) is 7.90. The molecule has 3 unspecified atom stereocenters. The molecule has 5 atom stereocenters. The van der Waals surface area contributed by atoms with Gasteiger partial charge in [0.25, 0.3) is 0 Å². The highest BCUT2D eigenvalue weighted by atomic mass is 16.5. The number of carbonyl (C=O) groups is 2. The van der Waals surface area contributed by atoms with Gasteiger partial charge in [-0.15, -0.1) is 0 Å². The van der Waals surface area contributed by atoms with E-state index in [9.17, 15) is 14.7 Å². The quantitative estimate of drug-likeness (QED) is 0.808. The first kappa shape index (κ1) is 15.0. The Bertz CT molecular complexity index is 590. The van der Waals surface area contributed by atoms with E-state index in [-0.39, 0.29) is 23.4 Å². The van der Waals surface area contributed by atoms with Crippen molar-refractivity contribution in [1.82, 2.24) is 10.2 Å². The number of hydrogen-bond acceptors (Lipinski definition) is 3. The summed E-state index contributed by atoms with van der Waals surface area (Å²) in [5, 5.41) is 13.0. The zero-order valence-corrected chi connectivity index (χ0v) is 14.0. The third kappa shape index (κ3) is 1.70. The van der Waals surface area contributed by atoms with Gasteiger partial charge in [0.05, 0.1) is 11.5 Å². The average Bonchev–Trinajstić information content (AvgIpc) is 3.15. The van der Waals surface area contributed by atoms with Crippen molar-refractivity contribution in [2.45, 2.75) is 57.1 Å². The van der Waals surface area contributed by atoms with Gasteiger partial charge in [-0.2, -0.15) is 0 Å². The Hall–Kier alpha value is -1.30. The summed E-state index contributed by atoms with van der Waals surface area (Å²) in [5.74, 6) is -0.129. The van der Waals surface area contributed by atoms with Crippen molar-refractivity contribution in [3.63, 3.8) is 0 Å². The fraction of sp³-hybridized carbons (Fsp3) is 0.889. The van der Waals surface area contributed by atoms with Gasteiger partial charge in [-0.25, -0.2) is 4.79 Å². The number of carboxylic acid groups (broad SMARTS) is 1. The predicted molar refractivity (Wildman–Crippen MR) is 85.4 cm³/mol. The monoisotopic (exact) mass is 334 g/mol. The van der Waals surface area contributed by atoms with Crippen molar-refractivity contribution >= 4 is 12.0 Å². The van der Waals surface area contributed by atoms with Crippen LogP contribution in [0.2, 0.25) is 0 Å². The smallest absolute Gasteiger partial charge is 0.317 e. The number of carbonyl (C=O) groups excluding carboxylic acids is 1. The predicted octanol–water partition coefficient (Wildman–Crippen LogP) is 1.84. The minimum Gasteiger partial charge on any atom is -0.481 e. The number of fused-ring (bicyclic) bond motifs is 3. The normalized spacial score (nSPS) is 44.6. The van der Waals surface area contributed by atoms with E-state index in [1.807, 2.05) is 0 Å². The van der Waals surface area contributed by atoms with Crippen LogP contribution in [-0.4, -0.2) is 53.8 Å². The van der Waals surface area contributed by atoms with Crippen LogP contribution in [0.4, 0.5) is 4.79 Å². The van der Waals surface area contributed by atoms with Crippen LogP contribution in [0.5, 0.6) is 0 Å². The van der Waals surface area contributed by atoms with Crippen LogP contribution >= 0.6 is 0 Å². The number of amides is 2. The number of ether oxygens (including phenoxy) is 1. The lowest BCUT2D eigenvalue weighted by atomic mass is 9.46. The van der Waals surface area contributed by atoms with Crippen LogP contribution in [-0.2, 0) is 9.53 Å². The summed E-state index contributed by atoms with van der Waals surface area (Å²) in [6, 6.07) is 0.180. The molecule has 5 aliphatic rings. The molecule has 0 aromatic carbocycles. The van der Waals surface area contributed by atoms with Crippen molar-refractivity contribution in [1.29, 1.82) is 0 Å². The van der Waals surface area contributed by atoms with Crippen LogP contribution in [0, 0.1) is 22.7 Å².